The predicted octanol–water partition coefficient (Wildman–Crippen LogP) is 2.92. The first-order valence-electron chi connectivity index (χ1n) is 7.49. The van der Waals surface area contributed by atoms with E-state index in [9.17, 15) is 14.4 Å². The van der Waals surface area contributed by atoms with Crippen molar-refractivity contribution < 1.29 is 29.3 Å². The van der Waals surface area contributed by atoms with E-state index in [4.69, 9.17) is 21.8 Å². The van der Waals surface area contributed by atoms with Gasteiger partial charge < -0.3 is 19.8 Å². The number of carbonyl (C=O) groups is 3. The zero-order chi connectivity index (χ0) is 20.4. The molecule has 0 unspecified atom stereocenters. The molecule has 1 amide bonds. The summed E-state index contributed by atoms with van der Waals surface area (Å²) in [5.74, 6) is -2.51. The summed E-state index contributed by atoms with van der Waals surface area (Å²) in [6.07, 6.45) is 4.66. The van der Waals surface area contributed by atoms with E-state index >= 15 is 0 Å². The van der Waals surface area contributed by atoms with Crippen LogP contribution in [-0.4, -0.2) is 58.3 Å². The standard InChI is InChI=1S/C12H14ClN3O2S.C4H4O4/c1-3-18-12(17)15-11-14-9(10(13)19-11)8-5-4-6-16(2)7-8;5-3(6)1-2-4(7)8/h3,5H,1,4,6-7H2,2H3,(H,14,15,17);1-2H,(H,5,6)(H,7,8). The molecule has 9 nitrogen and oxygen atoms in total. The van der Waals surface area contributed by atoms with Crippen LogP contribution in [0.1, 0.15) is 12.1 Å². The average Bonchev–Trinajstić information content (AvgIpc) is 2.94. The summed E-state index contributed by atoms with van der Waals surface area (Å²) in [6, 6.07) is 0. The van der Waals surface area contributed by atoms with E-state index in [1.165, 1.54) is 11.3 Å². The van der Waals surface area contributed by atoms with Gasteiger partial charge in [0, 0.05) is 25.2 Å². The highest BCUT2D eigenvalue weighted by molar-refractivity contribution is 7.19. The molecule has 0 aromatic carbocycles. The Hall–Kier alpha value is -2.69. The van der Waals surface area contributed by atoms with Gasteiger partial charge in [0.25, 0.3) is 0 Å². The van der Waals surface area contributed by atoms with Crippen LogP contribution in [0.2, 0.25) is 4.34 Å². The molecule has 11 heteroatoms. The number of rotatable bonds is 5. The molecule has 0 saturated heterocycles. The Morgan fingerprint density at radius 2 is 2.00 bits per heavy atom. The number of hydrogen-bond donors (Lipinski definition) is 3. The lowest BCUT2D eigenvalue weighted by atomic mass is 10.1. The lowest BCUT2D eigenvalue weighted by molar-refractivity contribution is -0.134. The normalized spacial score (nSPS) is 13.9. The Bertz CT molecular complexity index is 758. The van der Waals surface area contributed by atoms with Crippen molar-refractivity contribution >= 4 is 51.7 Å². The van der Waals surface area contributed by atoms with Gasteiger partial charge in [0.2, 0.25) is 0 Å². The molecule has 2 heterocycles. The highest BCUT2D eigenvalue weighted by atomic mass is 35.5. The molecular formula is C16H18ClN3O6S. The number of nitrogens with one attached hydrogen (secondary N) is 1. The largest absolute Gasteiger partial charge is 0.478 e. The Kier molecular flexibility index (Phi) is 9.20. The zero-order valence-electron chi connectivity index (χ0n) is 14.3. The third-order valence-corrected chi connectivity index (χ3v) is 4.17. The summed E-state index contributed by atoms with van der Waals surface area (Å²) in [7, 11) is 2.05. The van der Waals surface area contributed by atoms with E-state index in [2.05, 4.69) is 32.6 Å². The number of amides is 1. The van der Waals surface area contributed by atoms with Crippen molar-refractivity contribution in [1.82, 2.24) is 9.88 Å². The molecule has 0 saturated carbocycles. The van der Waals surface area contributed by atoms with Crippen LogP contribution in [0.3, 0.4) is 0 Å². The molecule has 0 radical (unpaired) electrons. The van der Waals surface area contributed by atoms with Gasteiger partial charge in [-0.2, -0.15) is 0 Å². The van der Waals surface area contributed by atoms with Gasteiger partial charge in [0.1, 0.15) is 4.34 Å². The number of nitrogens with zero attached hydrogens (tertiary/aromatic N) is 2. The molecule has 0 atom stereocenters. The number of carboxylic acid groups (broad SMARTS) is 2. The van der Waals surface area contributed by atoms with Crippen LogP contribution in [0.25, 0.3) is 5.57 Å². The van der Waals surface area contributed by atoms with Crippen LogP contribution in [0, 0.1) is 0 Å². The number of hydrogen-bond acceptors (Lipinski definition) is 7. The van der Waals surface area contributed by atoms with Gasteiger partial charge in [0.15, 0.2) is 5.13 Å². The van der Waals surface area contributed by atoms with E-state index in [-0.39, 0.29) is 0 Å². The maximum absolute atomic E-state index is 11.3. The van der Waals surface area contributed by atoms with Crippen LogP contribution in [-0.2, 0) is 14.3 Å². The number of thiazole rings is 1. The zero-order valence-corrected chi connectivity index (χ0v) is 15.9. The summed E-state index contributed by atoms with van der Waals surface area (Å²) < 4.78 is 5.14. The quantitative estimate of drug-likeness (QED) is 0.494. The molecule has 1 aromatic heterocycles. The number of halogens is 1. The number of likely N-dealkylation sites (N-methyl/N-ethyl adjacent to an activating group) is 1. The van der Waals surface area contributed by atoms with Gasteiger partial charge in [-0.15, -0.1) is 0 Å². The van der Waals surface area contributed by atoms with Gasteiger partial charge in [-0.05, 0) is 19.0 Å². The number of ether oxygens (including phenoxy) is 1. The lowest BCUT2D eigenvalue weighted by Crippen LogP contribution is -2.25. The topological polar surface area (TPSA) is 129 Å². The van der Waals surface area contributed by atoms with Gasteiger partial charge >= 0.3 is 18.0 Å². The predicted molar refractivity (Wildman–Crippen MR) is 102 cm³/mol. The highest BCUT2D eigenvalue weighted by Crippen LogP contribution is 2.33. The Balaban J connectivity index is 0.000000387. The van der Waals surface area contributed by atoms with Crippen LogP contribution < -0.4 is 5.32 Å². The summed E-state index contributed by atoms with van der Waals surface area (Å²) in [6.45, 7) is 5.14. The minimum Gasteiger partial charge on any atom is -0.478 e. The summed E-state index contributed by atoms with van der Waals surface area (Å²) in [4.78, 5) is 36.9. The van der Waals surface area contributed by atoms with Crippen molar-refractivity contribution in [2.75, 3.05) is 25.5 Å². The summed E-state index contributed by atoms with van der Waals surface area (Å²) in [5.41, 5.74) is 1.81. The molecule has 0 fully saturated rings. The first kappa shape index (κ1) is 22.4. The molecule has 0 bridgehead atoms. The maximum atomic E-state index is 11.3. The van der Waals surface area contributed by atoms with Crippen LogP contribution in [0.4, 0.5) is 9.93 Å². The number of carbonyl (C=O) groups excluding carboxylic acids is 1. The molecular weight excluding hydrogens is 398 g/mol. The van der Waals surface area contributed by atoms with Gasteiger partial charge in [-0.3, -0.25) is 5.32 Å². The molecule has 0 aliphatic carbocycles. The van der Waals surface area contributed by atoms with E-state index in [1.807, 2.05) is 7.05 Å². The van der Waals surface area contributed by atoms with Crippen molar-refractivity contribution in [3.63, 3.8) is 0 Å². The third kappa shape index (κ3) is 8.49. The Morgan fingerprint density at radius 1 is 1.37 bits per heavy atom. The van der Waals surface area contributed by atoms with E-state index < -0.39 is 18.0 Å². The second-order valence-corrected chi connectivity index (χ2v) is 6.71. The fraction of sp³-hybridized carbons (Fsp3) is 0.250. The first-order chi connectivity index (χ1) is 12.7. The maximum Gasteiger partial charge on any atom is 0.418 e. The molecule has 0 spiro atoms. The minimum atomic E-state index is -1.26. The molecule has 1 aliphatic heterocycles. The Morgan fingerprint density at radius 3 is 2.52 bits per heavy atom. The SMILES string of the molecule is C=COC(=O)Nc1nc(C2=CCCN(C)C2)c(Cl)s1.O=C(O)C=CC(=O)O. The first-order valence-corrected chi connectivity index (χ1v) is 8.69. The van der Waals surface area contributed by atoms with Gasteiger partial charge in [-0.25, -0.2) is 19.4 Å². The minimum absolute atomic E-state index is 0.418. The number of aromatic nitrogens is 1. The van der Waals surface area contributed by atoms with Crippen molar-refractivity contribution in [3.8, 4) is 0 Å². The lowest BCUT2D eigenvalue weighted by Gasteiger charge is -2.21. The van der Waals surface area contributed by atoms with Crippen molar-refractivity contribution in [2.24, 2.45) is 0 Å². The molecule has 27 heavy (non-hydrogen) atoms. The fourth-order valence-electron chi connectivity index (χ4n) is 1.95. The molecule has 146 valence electrons. The average molecular weight is 416 g/mol. The number of aliphatic carboxylic acids is 2. The van der Waals surface area contributed by atoms with E-state index in [0.717, 1.165) is 37.0 Å². The monoisotopic (exact) mass is 415 g/mol. The molecule has 2 rings (SSSR count). The number of anilines is 1. The van der Waals surface area contributed by atoms with Crippen molar-refractivity contribution in [3.05, 3.63) is 41.1 Å². The molecule has 1 aliphatic rings. The Labute approximate surface area is 164 Å². The van der Waals surface area contributed by atoms with E-state index in [0.29, 0.717) is 21.6 Å². The van der Waals surface area contributed by atoms with Crippen molar-refractivity contribution in [2.45, 2.75) is 6.42 Å². The summed E-state index contributed by atoms with van der Waals surface area (Å²) >= 11 is 7.38. The van der Waals surface area contributed by atoms with E-state index in [1.54, 1.807) is 0 Å². The molecule has 3 N–H and O–H groups in total. The summed E-state index contributed by atoms with van der Waals surface area (Å²) in [5, 5.41) is 18.5. The van der Waals surface area contributed by atoms with Gasteiger partial charge in [0.05, 0.1) is 12.0 Å². The fourth-order valence-corrected chi connectivity index (χ4v) is 3.05. The second kappa shape index (κ2) is 11.1. The smallest absolute Gasteiger partial charge is 0.418 e. The van der Waals surface area contributed by atoms with Crippen LogP contribution >= 0.6 is 22.9 Å². The third-order valence-electron chi connectivity index (χ3n) is 3.00. The molecule has 1 aromatic rings. The highest BCUT2D eigenvalue weighted by Gasteiger charge is 2.18. The number of carboxylic acids is 2. The van der Waals surface area contributed by atoms with Crippen LogP contribution in [0.5, 0.6) is 0 Å². The van der Waals surface area contributed by atoms with Gasteiger partial charge in [-0.1, -0.05) is 35.6 Å². The van der Waals surface area contributed by atoms with Crippen LogP contribution in [0.15, 0.2) is 31.1 Å². The van der Waals surface area contributed by atoms with Crippen molar-refractivity contribution in [1.29, 1.82) is 0 Å². The second-order valence-electron chi connectivity index (χ2n) is 5.10.